The minimum absolute atomic E-state index is 0.197. The summed E-state index contributed by atoms with van der Waals surface area (Å²) in [6.07, 6.45) is 1.72. The Hall–Kier alpha value is -1.26. The van der Waals surface area contributed by atoms with Gasteiger partial charge in [0.25, 0.3) is 0 Å². The van der Waals surface area contributed by atoms with Gasteiger partial charge in [0.15, 0.2) is 0 Å². The first-order valence-corrected chi connectivity index (χ1v) is 6.93. The van der Waals surface area contributed by atoms with Gasteiger partial charge in [-0.2, -0.15) is 0 Å². The Morgan fingerprint density at radius 1 is 1.26 bits per heavy atom. The van der Waals surface area contributed by atoms with Crippen LogP contribution in [0.5, 0.6) is 0 Å². The molecule has 2 amide bonds. The molecule has 106 valence electrons. The molecule has 1 aromatic carbocycles. The Balaban J connectivity index is 2.11. The van der Waals surface area contributed by atoms with Crippen molar-refractivity contribution in [3.05, 3.63) is 34.9 Å². The molecule has 5 heteroatoms. The number of carbonyl (C=O) groups excluding carboxylic acids is 1. The minimum Gasteiger partial charge on any atom is -0.393 e. The van der Waals surface area contributed by atoms with Crippen LogP contribution in [-0.4, -0.2) is 30.3 Å². The van der Waals surface area contributed by atoms with Crippen LogP contribution in [0.4, 0.5) is 4.79 Å². The Labute approximate surface area is 119 Å². The molecule has 0 aromatic heterocycles. The molecule has 1 aromatic rings. The number of halogens is 1. The van der Waals surface area contributed by atoms with Crippen LogP contribution in [-0.2, 0) is 6.42 Å². The predicted molar refractivity (Wildman–Crippen MR) is 77.5 cm³/mol. The Kier molecular flexibility index (Phi) is 7.30. The molecule has 0 fully saturated rings. The zero-order chi connectivity index (χ0) is 14.1. The number of hydrogen-bond acceptors (Lipinski definition) is 2. The van der Waals surface area contributed by atoms with E-state index in [2.05, 4.69) is 10.6 Å². The van der Waals surface area contributed by atoms with Gasteiger partial charge in [-0.1, -0.05) is 30.7 Å². The number of carbonyl (C=O) groups is 1. The van der Waals surface area contributed by atoms with E-state index >= 15 is 0 Å². The summed E-state index contributed by atoms with van der Waals surface area (Å²) in [5.74, 6) is 0. The summed E-state index contributed by atoms with van der Waals surface area (Å²) in [7, 11) is 0. The molecule has 19 heavy (non-hydrogen) atoms. The maximum atomic E-state index is 11.4. The lowest BCUT2D eigenvalue weighted by atomic mass is 10.1. The second-order valence-electron chi connectivity index (χ2n) is 4.41. The number of nitrogens with one attached hydrogen (secondary N) is 2. The highest BCUT2D eigenvalue weighted by Crippen LogP contribution is 2.09. The number of aliphatic hydroxyl groups excluding tert-OH is 1. The average molecular weight is 285 g/mol. The normalized spacial score (nSPS) is 11.9. The second kappa shape index (κ2) is 8.77. The number of benzene rings is 1. The molecule has 1 rings (SSSR count). The summed E-state index contributed by atoms with van der Waals surface area (Å²) >= 11 is 5.79. The van der Waals surface area contributed by atoms with Crippen LogP contribution in [0.1, 0.15) is 25.3 Å². The summed E-state index contributed by atoms with van der Waals surface area (Å²) in [5, 5.41) is 15.5. The SMILES string of the molecule is CCC(O)CCNC(=O)NCCc1ccc(Cl)cc1. The molecule has 0 spiro atoms. The Morgan fingerprint density at radius 2 is 1.89 bits per heavy atom. The Bertz CT molecular complexity index is 382. The number of urea groups is 1. The third-order valence-corrected chi connectivity index (χ3v) is 3.10. The molecule has 4 nitrogen and oxygen atoms in total. The summed E-state index contributed by atoms with van der Waals surface area (Å²) < 4.78 is 0. The van der Waals surface area contributed by atoms with Gasteiger partial charge in [0.05, 0.1) is 6.10 Å². The lowest BCUT2D eigenvalue weighted by Crippen LogP contribution is -2.37. The second-order valence-corrected chi connectivity index (χ2v) is 4.85. The van der Waals surface area contributed by atoms with Crippen molar-refractivity contribution in [2.45, 2.75) is 32.3 Å². The molecule has 0 saturated heterocycles. The monoisotopic (exact) mass is 284 g/mol. The molecule has 0 heterocycles. The highest BCUT2D eigenvalue weighted by molar-refractivity contribution is 6.30. The highest BCUT2D eigenvalue weighted by Gasteiger charge is 2.03. The zero-order valence-corrected chi connectivity index (χ0v) is 11.9. The average Bonchev–Trinajstić information content (AvgIpc) is 2.41. The van der Waals surface area contributed by atoms with Crippen molar-refractivity contribution in [2.75, 3.05) is 13.1 Å². The molecule has 1 atom stereocenters. The zero-order valence-electron chi connectivity index (χ0n) is 11.2. The molecule has 1 unspecified atom stereocenters. The smallest absolute Gasteiger partial charge is 0.314 e. The van der Waals surface area contributed by atoms with Crippen molar-refractivity contribution >= 4 is 17.6 Å². The lowest BCUT2D eigenvalue weighted by molar-refractivity contribution is 0.160. The van der Waals surface area contributed by atoms with Crippen molar-refractivity contribution in [2.24, 2.45) is 0 Å². The maximum Gasteiger partial charge on any atom is 0.314 e. The van der Waals surface area contributed by atoms with Gasteiger partial charge in [0.2, 0.25) is 0 Å². The fourth-order valence-corrected chi connectivity index (χ4v) is 1.72. The van der Waals surface area contributed by atoms with Gasteiger partial charge in [0, 0.05) is 18.1 Å². The van der Waals surface area contributed by atoms with Gasteiger partial charge in [-0.05, 0) is 37.0 Å². The predicted octanol–water partition coefficient (Wildman–Crippen LogP) is 2.34. The van der Waals surface area contributed by atoms with Crippen molar-refractivity contribution in [3.63, 3.8) is 0 Å². The Morgan fingerprint density at radius 3 is 2.53 bits per heavy atom. The summed E-state index contributed by atoms with van der Waals surface area (Å²) in [6.45, 7) is 2.97. The van der Waals surface area contributed by atoms with E-state index in [0.717, 1.165) is 12.0 Å². The van der Waals surface area contributed by atoms with Crippen molar-refractivity contribution < 1.29 is 9.90 Å². The standard InChI is InChI=1S/C14H21ClN2O2/c1-2-13(18)8-10-17-14(19)16-9-7-11-3-5-12(15)6-4-11/h3-6,13,18H,2,7-10H2,1H3,(H2,16,17,19). The van der Waals surface area contributed by atoms with Crippen molar-refractivity contribution in [3.8, 4) is 0 Å². The van der Waals surface area contributed by atoms with E-state index < -0.39 is 0 Å². The molecule has 0 aliphatic rings. The van der Waals surface area contributed by atoms with Crippen LogP contribution < -0.4 is 10.6 Å². The number of hydrogen-bond donors (Lipinski definition) is 3. The van der Waals surface area contributed by atoms with Gasteiger partial charge >= 0.3 is 6.03 Å². The molecule has 0 radical (unpaired) electrons. The molecule has 0 bridgehead atoms. The molecular weight excluding hydrogens is 264 g/mol. The van der Waals surface area contributed by atoms with E-state index in [1.54, 1.807) is 0 Å². The molecule has 0 aliphatic carbocycles. The van der Waals surface area contributed by atoms with Gasteiger partial charge in [-0.3, -0.25) is 0 Å². The first-order valence-electron chi connectivity index (χ1n) is 6.56. The molecule has 0 saturated carbocycles. The van der Waals surface area contributed by atoms with Gasteiger partial charge in [-0.15, -0.1) is 0 Å². The largest absolute Gasteiger partial charge is 0.393 e. The van der Waals surface area contributed by atoms with E-state index in [-0.39, 0.29) is 12.1 Å². The molecule has 0 aliphatic heterocycles. The van der Waals surface area contributed by atoms with Crippen molar-refractivity contribution in [1.29, 1.82) is 0 Å². The first kappa shape index (κ1) is 15.8. The van der Waals surface area contributed by atoms with E-state index in [1.807, 2.05) is 31.2 Å². The van der Waals surface area contributed by atoms with Crippen molar-refractivity contribution in [1.82, 2.24) is 10.6 Å². The van der Waals surface area contributed by atoms with Crippen LogP contribution in [0.15, 0.2) is 24.3 Å². The number of aliphatic hydroxyl groups is 1. The van der Waals surface area contributed by atoms with Crippen LogP contribution in [0, 0.1) is 0 Å². The van der Waals surface area contributed by atoms with Gasteiger partial charge in [-0.25, -0.2) is 4.79 Å². The van der Waals surface area contributed by atoms with Crippen LogP contribution in [0.25, 0.3) is 0 Å². The third kappa shape index (κ3) is 7.03. The van der Waals surface area contributed by atoms with Gasteiger partial charge < -0.3 is 15.7 Å². The van der Waals surface area contributed by atoms with E-state index in [0.29, 0.717) is 31.0 Å². The van der Waals surface area contributed by atoms with Crippen LogP contribution in [0.3, 0.4) is 0 Å². The topological polar surface area (TPSA) is 61.4 Å². The molecule has 3 N–H and O–H groups in total. The maximum absolute atomic E-state index is 11.4. The van der Waals surface area contributed by atoms with E-state index in [9.17, 15) is 9.90 Å². The molecular formula is C14H21ClN2O2. The summed E-state index contributed by atoms with van der Waals surface area (Å²) in [6, 6.07) is 7.36. The fourth-order valence-electron chi connectivity index (χ4n) is 1.59. The van der Waals surface area contributed by atoms with E-state index in [1.165, 1.54) is 0 Å². The quantitative estimate of drug-likeness (QED) is 0.720. The van der Waals surface area contributed by atoms with Gasteiger partial charge in [0.1, 0.15) is 0 Å². The third-order valence-electron chi connectivity index (χ3n) is 2.85. The van der Waals surface area contributed by atoms with E-state index in [4.69, 9.17) is 11.6 Å². The first-order chi connectivity index (χ1) is 9.11. The summed E-state index contributed by atoms with van der Waals surface area (Å²) in [4.78, 5) is 11.4. The fraction of sp³-hybridized carbons (Fsp3) is 0.500. The summed E-state index contributed by atoms with van der Waals surface area (Å²) in [5.41, 5.74) is 1.13. The number of rotatable bonds is 7. The lowest BCUT2D eigenvalue weighted by Gasteiger charge is -2.10. The number of amides is 2. The minimum atomic E-state index is -0.339. The highest BCUT2D eigenvalue weighted by atomic mass is 35.5. The van der Waals surface area contributed by atoms with Crippen LogP contribution >= 0.6 is 11.6 Å². The van der Waals surface area contributed by atoms with Crippen LogP contribution in [0.2, 0.25) is 5.02 Å².